The third kappa shape index (κ3) is 21.5. The molecule has 28 heteroatoms. The number of carboxylic acid groups (broad SMARTS) is 1. The van der Waals surface area contributed by atoms with E-state index in [9.17, 15) is 43.5 Å². The van der Waals surface area contributed by atoms with Gasteiger partial charge in [0.2, 0.25) is 17.7 Å². The number of fused-ring (bicyclic) bond motifs is 1. The number of H-pyrrole nitrogens is 1. The number of hydrogen-bond donors (Lipinski definition) is 9. The molecule has 10 N–H and O–H groups in total. The van der Waals surface area contributed by atoms with E-state index in [4.69, 9.17) is 44.1 Å². The average Bonchev–Trinajstić information content (AvgIpc) is 1.80. The molecule has 1 aliphatic heterocycles. The van der Waals surface area contributed by atoms with Crippen molar-refractivity contribution in [2.75, 3.05) is 89.7 Å². The number of aryl methyl sites for hydroxylation is 1. The van der Waals surface area contributed by atoms with Crippen LogP contribution >= 0.6 is 15.9 Å². The summed E-state index contributed by atoms with van der Waals surface area (Å²) in [7, 11) is 0. The van der Waals surface area contributed by atoms with Crippen LogP contribution in [-0.4, -0.2) is 169 Å². The van der Waals surface area contributed by atoms with Gasteiger partial charge in [-0.15, -0.1) is 0 Å². The van der Waals surface area contributed by atoms with Crippen molar-refractivity contribution in [2.45, 2.75) is 65.3 Å². The highest BCUT2D eigenvalue weighted by molar-refractivity contribution is 9.10. The lowest BCUT2D eigenvalue weighted by molar-refractivity contribution is -0.137. The number of hydrogen-bond acceptors (Lipinski definition) is 18. The lowest BCUT2D eigenvalue weighted by Crippen LogP contribution is -2.54. The van der Waals surface area contributed by atoms with Crippen LogP contribution in [0.1, 0.15) is 60.5 Å². The number of primary amides is 1. The van der Waals surface area contributed by atoms with Gasteiger partial charge in [0.05, 0.1) is 106 Å². The van der Waals surface area contributed by atoms with E-state index in [2.05, 4.69) is 57.8 Å². The zero-order valence-corrected chi connectivity index (χ0v) is 51.6. The lowest BCUT2D eigenvalue weighted by atomic mass is 10.0. The predicted molar refractivity (Wildman–Crippen MR) is 334 cm³/mol. The molecule has 2 unspecified atom stereocenters. The number of ether oxygens (including phenoxy) is 6. The molecule has 2 atom stereocenters. The van der Waals surface area contributed by atoms with Gasteiger partial charge in [0.1, 0.15) is 42.6 Å². The highest BCUT2D eigenvalue weighted by Crippen LogP contribution is 2.33. The van der Waals surface area contributed by atoms with Crippen molar-refractivity contribution < 1.29 is 71.9 Å². The first kappa shape index (κ1) is 68.1. The van der Waals surface area contributed by atoms with Crippen LogP contribution in [0.3, 0.4) is 0 Å². The Hall–Kier alpha value is -9.35. The monoisotopic (exact) mass is 1300 g/mol. The number of imide groups is 1. The number of rotatable bonds is 37. The number of nitrogens with two attached hydrogens (primary N) is 1. The summed E-state index contributed by atoms with van der Waals surface area (Å²) < 4.78 is 33.7. The molecule has 0 fully saturated rings. The van der Waals surface area contributed by atoms with Crippen molar-refractivity contribution in [1.82, 2.24) is 46.1 Å². The average molecular weight is 1310 g/mol. The van der Waals surface area contributed by atoms with Gasteiger partial charge in [0.15, 0.2) is 0 Å². The Balaban J connectivity index is 0.815. The normalized spacial score (nSPS) is 12.6. The van der Waals surface area contributed by atoms with E-state index < -0.39 is 47.9 Å². The maximum Gasteiger partial charge on any atom is 0.407 e. The molecule has 3 aromatic carbocycles. The van der Waals surface area contributed by atoms with E-state index in [1.54, 1.807) is 56.4 Å². The van der Waals surface area contributed by atoms with Crippen LogP contribution in [0.25, 0.3) is 33.5 Å². The molecule has 6 aromatic rings. The first-order valence-corrected chi connectivity index (χ1v) is 29.8. The second-order valence-corrected chi connectivity index (χ2v) is 21.5. The molecule has 1 aliphatic rings. The Morgan fingerprint density at radius 3 is 2.16 bits per heavy atom. The molecule has 0 spiro atoms. The number of anilines is 2. The molecule has 7 rings (SSSR count). The summed E-state index contributed by atoms with van der Waals surface area (Å²) in [5, 5.41) is 27.1. The summed E-state index contributed by atoms with van der Waals surface area (Å²) in [5.74, 6) is -2.67. The third-order valence-electron chi connectivity index (χ3n) is 13.6. The molecule has 0 saturated heterocycles. The van der Waals surface area contributed by atoms with Crippen molar-refractivity contribution in [3.05, 3.63) is 130 Å². The molecule has 27 nitrogen and oxygen atoms in total. The van der Waals surface area contributed by atoms with Crippen LogP contribution in [0.15, 0.2) is 108 Å². The van der Waals surface area contributed by atoms with Crippen LogP contribution in [-0.2, 0) is 60.8 Å². The summed E-state index contributed by atoms with van der Waals surface area (Å²) in [6.07, 6.45) is 3.69. The van der Waals surface area contributed by atoms with E-state index in [1.165, 1.54) is 18.2 Å². The number of aromatic amines is 1. The van der Waals surface area contributed by atoms with Crippen LogP contribution in [0.5, 0.6) is 5.75 Å². The van der Waals surface area contributed by atoms with Gasteiger partial charge in [-0.05, 0) is 102 Å². The van der Waals surface area contributed by atoms with Gasteiger partial charge >= 0.3 is 18.1 Å². The molecule has 478 valence electrons. The van der Waals surface area contributed by atoms with Crippen molar-refractivity contribution >= 4 is 85.8 Å². The highest BCUT2D eigenvalue weighted by atomic mass is 79.9. The molecule has 0 bridgehead atoms. The number of carboxylic acids is 1. The number of amides is 8. The Labute approximate surface area is 527 Å². The van der Waals surface area contributed by atoms with Crippen molar-refractivity contribution in [1.29, 1.82) is 0 Å². The number of aromatic carboxylic acids is 1. The maximum atomic E-state index is 13.7. The van der Waals surface area contributed by atoms with Crippen LogP contribution in [0, 0.1) is 12.8 Å². The number of nitrogens with one attached hydrogen (secondary N) is 7. The van der Waals surface area contributed by atoms with E-state index in [-0.39, 0.29) is 115 Å². The minimum absolute atomic E-state index is 0.0437. The number of halogens is 1. The predicted octanol–water partition coefficient (Wildman–Crippen LogP) is 5.77. The first-order valence-electron chi connectivity index (χ1n) is 29.0. The fourth-order valence-corrected chi connectivity index (χ4v) is 9.51. The van der Waals surface area contributed by atoms with Gasteiger partial charge in [-0.2, -0.15) is 0 Å². The number of imidazole rings is 1. The number of carbonyl (C=O) groups excluding carboxylic acids is 7. The second kappa shape index (κ2) is 35.0. The number of benzene rings is 3. The molecule has 90 heavy (non-hydrogen) atoms. The zero-order valence-electron chi connectivity index (χ0n) is 50.0. The van der Waals surface area contributed by atoms with Crippen molar-refractivity contribution in [3.63, 3.8) is 0 Å². The molecule has 8 amide bonds. The van der Waals surface area contributed by atoms with Gasteiger partial charge in [0.25, 0.3) is 11.8 Å². The Kier molecular flexibility index (Phi) is 26.5. The van der Waals surface area contributed by atoms with Gasteiger partial charge in [-0.3, -0.25) is 38.8 Å². The number of carbonyl (C=O) groups is 8. The zero-order chi connectivity index (χ0) is 64.4. The third-order valence-corrected chi connectivity index (χ3v) is 14.4. The van der Waals surface area contributed by atoms with E-state index in [0.717, 1.165) is 21.5 Å². The largest absolute Gasteiger partial charge is 0.490 e. The van der Waals surface area contributed by atoms with Crippen LogP contribution in [0.2, 0.25) is 0 Å². The highest BCUT2D eigenvalue weighted by Gasteiger charge is 2.29. The van der Waals surface area contributed by atoms with Gasteiger partial charge in [-0.25, -0.2) is 19.4 Å². The second-order valence-electron chi connectivity index (χ2n) is 20.7. The fraction of sp³-hybridized carbons (Fsp3) is 0.371. The first-order chi connectivity index (χ1) is 43.4. The summed E-state index contributed by atoms with van der Waals surface area (Å²) in [6.45, 7) is 8.00. The number of pyridine rings is 2. The summed E-state index contributed by atoms with van der Waals surface area (Å²) in [5.41, 5.74) is 11.3. The molecule has 3 aromatic heterocycles. The molecule has 4 heterocycles. The number of urea groups is 1. The van der Waals surface area contributed by atoms with E-state index in [0.29, 0.717) is 75.4 Å². The van der Waals surface area contributed by atoms with Crippen molar-refractivity contribution in [3.8, 4) is 28.4 Å². The quantitative estimate of drug-likeness (QED) is 0.0165. The molecular weight excluding hydrogens is 1230 g/mol. The number of nitrogens with zero attached hydrogens (tertiary/aromatic N) is 4. The molecule has 0 aliphatic carbocycles. The molecule has 0 radical (unpaired) electrons. The van der Waals surface area contributed by atoms with Crippen molar-refractivity contribution in [2.24, 2.45) is 11.7 Å². The number of alkyl carbamates (subject to hydrolysis) is 1. The van der Waals surface area contributed by atoms with E-state index >= 15 is 0 Å². The Morgan fingerprint density at radius 2 is 1.47 bits per heavy atom. The topological polar surface area (TPSA) is 368 Å². The Bertz CT molecular complexity index is 3470. The maximum absolute atomic E-state index is 13.7. The van der Waals surface area contributed by atoms with Gasteiger partial charge < -0.3 is 76.1 Å². The minimum atomic E-state index is -1.08. The molecule has 0 saturated carbocycles. The standard InChI is InChI=1S/C62H73BrN12O15/c1-38(2)55(74-51(76)20-24-85-27-29-87-31-32-88-30-28-86-26-23-75-52(77)18-19-53(75)78)59(80)71-49(11-6-21-65-61(64)83)58(79)70-43-15-12-40(13-16-43)37-90-62(84)66-22-25-89-44-34-42-33-41(14-17-46(42)67-35-44)56-57(48-10-4-7-39(3)69-48)73-50(72-56)36-68-47-9-5-8-45(54(47)63)60(81)82/h4-5,7-10,12-19,33-35,38,49,55,68H,6,11,20-32,36-37H2,1-3H3,(H,66,84)(H,70,79)(H,71,80)(H,72,73)(H,74,76)(H,81,82)(H3,64,65,83). The lowest BCUT2D eigenvalue weighted by Gasteiger charge is -2.25. The van der Waals surface area contributed by atoms with E-state index in [1.807, 2.05) is 49.4 Å². The Morgan fingerprint density at radius 1 is 0.767 bits per heavy atom. The molecular formula is C62H73BrN12O15. The summed E-state index contributed by atoms with van der Waals surface area (Å²) >= 11 is 3.40. The SMILES string of the molecule is Cc1cccc(-c2nc(CNc3cccc(C(=O)O)c3Br)[nH]c2-c2ccc3ncc(OCCNC(=O)OCc4ccc(NC(=O)C(CCCNC(N)=O)NC(=O)C(NC(=O)CCOCCOCCOCCOCCN5C(=O)C=CC5=O)C(C)C)cc4)cc3c2)n1. The summed E-state index contributed by atoms with van der Waals surface area (Å²) in [6, 6.07) is 22.0. The summed E-state index contributed by atoms with van der Waals surface area (Å²) in [4.78, 5) is 118. The minimum Gasteiger partial charge on any atom is -0.490 e. The van der Waals surface area contributed by atoms with Crippen LogP contribution < -0.4 is 42.4 Å². The fourth-order valence-electron chi connectivity index (χ4n) is 8.93. The van der Waals surface area contributed by atoms with Crippen LogP contribution in [0.4, 0.5) is 21.0 Å². The van der Waals surface area contributed by atoms with Gasteiger partial charge in [0, 0.05) is 53.1 Å². The van der Waals surface area contributed by atoms with Gasteiger partial charge in [-0.1, -0.05) is 44.2 Å². The number of aromatic nitrogens is 4. The smallest absolute Gasteiger partial charge is 0.407 e.